The van der Waals surface area contributed by atoms with E-state index in [0.29, 0.717) is 24.5 Å². The lowest BCUT2D eigenvalue weighted by Crippen LogP contribution is -2.33. The van der Waals surface area contributed by atoms with Gasteiger partial charge in [0.05, 0.1) is 12.0 Å². The van der Waals surface area contributed by atoms with Gasteiger partial charge < -0.3 is 19.7 Å². The number of nitrogens with zero attached hydrogens (tertiary/aromatic N) is 1. The molecule has 5 heteroatoms. The van der Waals surface area contributed by atoms with Crippen molar-refractivity contribution in [1.29, 1.82) is 0 Å². The second-order valence-corrected chi connectivity index (χ2v) is 6.75. The number of aryl methyl sites for hydroxylation is 1. The van der Waals surface area contributed by atoms with E-state index >= 15 is 0 Å². The number of hydrogen-bond donors (Lipinski definition) is 2. The van der Waals surface area contributed by atoms with E-state index < -0.39 is 12.0 Å². The van der Waals surface area contributed by atoms with Crippen LogP contribution in [0.2, 0.25) is 0 Å². The van der Waals surface area contributed by atoms with E-state index in [1.807, 2.05) is 78.5 Å². The first kappa shape index (κ1) is 17.4. The Labute approximate surface area is 158 Å². The number of carbonyl (C=O) groups excluding carboxylic acids is 1. The van der Waals surface area contributed by atoms with Gasteiger partial charge in [-0.2, -0.15) is 0 Å². The topological polar surface area (TPSA) is 63.5 Å². The molecule has 3 aromatic rings. The van der Waals surface area contributed by atoms with Crippen molar-refractivity contribution < 1.29 is 14.6 Å². The highest BCUT2D eigenvalue weighted by molar-refractivity contribution is 5.89. The van der Waals surface area contributed by atoms with Crippen molar-refractivity contribution in [2.45, 2.75) is 18.4 Å². The third-order valence-corrected chi connectivity index (χ3v) is 4.98. The van der Waals surface area contributed by atoms with Crippen molar-refractivity contribution in [3.63, 3.8) is 0 Å². The maximum absolute atomic E-state index is 13.0. The highest BCUT2D eigenvalue weighted by Gasteiger charge is 2.32. The van der Waals surface area contributed by atoms with Crippen LogP contribution >= 0.6 is 0 Å². The molecule has 5 nitrogen and oxygen atoms in total. The minimum Gasteiger partial charge on any atom is -0.457 e. The number of aliphatic hydroxyl groups is 1. The van der Waals surface area contributed by atoms with Gasteiger partial charge in [-0.15, -0.1) is 0 Å². The standard InChI is InChI=1S/C22H22N2O3/c1-24-14-6-9-17(24)18(25)12-13-23-22(26)21-15-7-2-4-10-19(15)27-20-11-5-3-8-16(20)21/h2-11,14,18,21,25H,12-13H2,1H3,(H,23,26)/t18-/m0/s1. The molecule has 1 aliphatic rings. The number of aromatic nitrogens is 1. The van der Waals surface area contributed by atoms with Crippen LogP contribution in [-0.2, 0) is 11.8 Å². The van der Waals surface area contributed by atoms with Gasteiger partial charge in [0.1, 0.15) is 11.5 Å². The number of ether oxygens (including phenoxy) is 1. The van der Waals surface area contributed by atoms with Crippen molar-refractivity contribution >= 4 is 5.91 Å². The van der Waals surface area contributed by atoms with E-state index in [4.69, 9.17) is 4.74 Å². The summed E-state index contributed by atoms with van der Waals surface area (Å²) in [7, 11) is 1.90. The Balaban J connectivity index is 1.50. The molecule has 1 amide bonds. The fourth-order valence-corrected chi connectivity index (χ4v) is 3.59. The van der Waals surface area contributed by atoms with Crippen LogP contribution in [0.3, 0.4) is 0 Å². The third-order valence-electron chi connectivity index (χ3n) is 4.98. The SMILES string of the molecule is Cn1cccc1[C@@H](O)CCNC(=O)C1c2ccccc2Oc2ccccc21. The van der Waals surface area contributed by atoms with Gasteiger partial charge in [-0.25, -0.2) is 0 Å². The van der Waals surface area contributed by atoms with Crippen LogP contribution in [0.1, 0.15) is 35.3 Å². The van der Waals surface area contributed by atoms with Gasteiger partial charge in [0.25, 0.3) is 0 Å². The van der Waals surface area contributed by atoms with E-state index in [9.17, 15) is 9.90 Å². The Morgan fingerprint density at radius 3 is 2.30 bits per heavy atom. The normalized spacial score (nSPS) is 14.0. The number of carbonyl (C=O) groups is 1. The van der Waals surface area contributed by atoms with Crippen LogP contribution in [0.5, 0.6) is 11.5 Å². The van der Waals surface area contributed by atoms with Crippen molar-refractivity contribution in [3.8, 4) is 11.5 Å². The fourth-order valence-electron chi connectivity index (χ4n) is 3.59. The lowest BCUT2D eigenvalue weighted by atomic mass is 9.87. The number of fused-ring (bicyclic) bond motifs is 2. The van der Waals surface area contributed by atoms with Gasteiger partial charge in [0, 0.05) is 36.6 Å². The van der Waals surface area contributed by atoms with Crippen LogP contribution < -0.4 is 10.1 Å². The van der Waals surface area contributed by atoms with Crippen LogP contribution in [-0.4, -0.2) is 22.1 Å². The van der Waals surface area contributed by atoms with Crippen molar-refractivity contribution in [2.75, 3.05) is 6.54 Å². The average Bonchev–Trinajstić information content (AvgIpc) is 3.11. The first-order valence-corrected chi connectivity index (χ1v) is 9.08. The number of hydrogen-bond acceptors (Lipinski definition) is 3. The van der Waals surface area contributed by atoms with E-state index in [0.717, 1.165) is 16.8 Å². The van der Waals surface area contributed by atoms with Gasteiger partial charge in [0.15, 0.2) is 0 Å². The molecule has 2 N–H and O–H groups in total. The minimum atomic E-state index is -0.612. The van der Waals surface area contributed by atoms with E-state index in [2.05, 4.69) is 5.32 Å². The molecular formula is C22H22N2O3. The Morgan fingerprint density at radius 1 is 1.07 bits per heavy atom. The van der Waals surface area contributed by atoms with Crippen LogP contribution in [0.25, 0.3) is 0 Å². The molecule has 1 atom stereocenters. The third kappa shape index (κ3) is 3.34. The number of amides is 1. The molecule has 1 aliphatic heterocycles. The predicted molar refractivity (Wildman–Crippen MR) is 103 cm³/mol. The lowest BCUT2D eigenvalue weighted by molar-refractivity contribution is -0.121. The zero-order valence-corrected chi connectivity index (χ0v) is 15.1. The molecule has 0 unspecified atom stereocenters. The summed E-state index contributed by atoms with van der Waals surface area (Å²) in [6.07, 6.45) is 1.74. The summed E-state index contributed by atoms with van der Waals surface area (Å²) in [5.41, 5.74) is 2.55. The maximum atomic E-state index is 13.0. The summed E-state index contributed by atoms with van der Waals surface area (Å²) in [6.45, 7) is 0.396. The molecule has 0 spiro atoms. The fraction of sp³-hybridized carbons (Fsp3) is 0.227. The number of aliphatic hydroxyl groups excluding tert-OH is 1. The number of benzene rings is 2. The first-order valence-electron chi connectivity index (χ1n) is 9.08. The zero-order chi connectivity index (χ0) is 18.8. The van der Waals surface area contributed by atoms with Crippen LogP contribution in [0.4, 0.5) is 0 Å². The van der Waals surface area contributed by atoms with Gasteiger partial charge in [-0.05, 0) is 30.7 Å². The van der Waals surface area contributed by atoms with Gasteiger partial charge in [-0.3, -0.25) is 4.79 Å². The molecule has 1 aromatic heterocycles. The summed E-state index contributed by atoms with van der Waals surface area (Å²) < 4.78 is 7.83. The Morgan fingerprint density at radius 2 is 1.70 bits per heavy atom. The number of nitrogens with one attached hydrogen (secondary N) is 1. The van der Waals surface area contributed by atoms with Gasteiger partial charge in [-0.1, -0.05) is 36.4 Å². The van der Waals surface area contributed by atoms with Crippen molar-refractivity contribution in [2.24, 2.45) is 7.05 Å². The molecule has 27 heavy (non-hydrogen) atoms. The zero-order valence-electron chi connectivity index (χ0n) is 15.1. The number of para-hydroxylation sites is 2. The van der Waals surface area contributed by atoms with Crippen LogP contribution in [0, 0.1) is 0 Å². The Kier molecular flexibility index (Phi) is 4.69. The Hall–Kier alpha value is -3.05. The number of rotatable bonds is 5. The summed E-state index contributed by atoms with van der Waals surface area (Å²) in [5.74, 6) is 0.913. The molecule has 0 radical (unpaired) electrons. The summed E-state index contributed by atoms with van der Waals surface area (Å²) in [6, 6.07) is 19.0. The monoisotopic (exact) mass is 362 g/mol. The smallest absolute Gasteiger partial charge is 0.232 e. The molecule has 0 fully saturated rings. The molecule has 2 heterocycles. The highest BCUT2D eigenvalue weighted by Crippen LogP contribution is 2.43. The lowest BCUT2D eigenvalue weighted by Gasteiger charge is -2.27. The molecule has 0 aliphatic carbocycles. The van der Waals surface area contributed by atoms with Crippen LogP contribution in [0.15, 0.2) is 66.9 Å². The summed E-state index contributed by atoms with van der Waals surface area (Å²) in [5, 5.41) is 13.3. The summed E-state index contributed by atoms with van der Waals surface area (Å²) >= 11 is 0. The summed E-state index contributed by atoms with van der Waals surface area (Å²) in [4.78, 5) is 13.0. The molecule has 2 aromatic carbocycles. The van der Waals surface area contributed by atoms with Gasteiger partial charge in [0.2, 0.25) is 5.91 Å². The second kappa shape index (κ2) is 7.29. The van der Waals surface area contributed by atoms with Crippen molar-refractivity contribution in [1.82, 2.24) is 9.88 Å². The molecular weight excluding hydrogens is 340 g/mol. The Bertz CT molecular complexity index is 918. The molecule has 0 saturated heterocycles. The first-order chi connectivity index (χ1) is 13.1. The van der Waals surface area contributed by atoms with E-state index in [-0.39, 0.29) is 5.91 Å². The molecule has 138 valence electrons. The largest absolute Gasteiger partial charge is 0.457 e. The predicted octanol–water partition coefficient (Wildman–Crippen LogP) is 3.50. The van der Waals surface area contributed by atoms with Gasteiger partial charge >= 0.3 is 0 Å². The second-order valence-electron chi connectivity index (χ2n) is 6.75. The van der Waals surface area contributed by atoms with Crippen molar-refractivity contribution in [3.05, 3.63) is 83.7 Å². The average molecular weight is 362 g/mol. The maximum Gasteiger partial charge on any atom is 0.232 e. The minimum absolute atomic E-state index is 0.0859. The molecule has 0 bridgehead atoms. The molecule has 4 rings (SSSR count). The molecule has 0 saturated carbocycles. The van der Waals surface area contributed by atoms with E-state index in [1.54, 1.807) is 0 Å². The van der Waals surface area contributed by atoms with E-state index in [1.165, 1.54) is 0 Å². The highest BCUT2D eigenvalue weighted by atomic mass is 16.5. The quantitative estimate of drug-likeness (QED) is 0.730.